The van der Waals surface area contributed by atoms with Crippen molar-refractivity contribution in [3.05, 3.63) is 24.3 Å². The van der Waals surface area contributed by atoms with Crippen LogP contribution < -0.4 is 5.32 Å². The van der Waals surface area contributed by atoms with Gasteiger partial charge in [0, 0.05) is 24.2 Å². The Kier molecular flexibility index (Phi) is 5.91. The highest BCUT2D eigenvalue weighted by atomic mass is 32.2. The van der Waals surface area contributed by atoms with E-state index in [2.05, 4.69) is 12.2 Å². The number of hydrogen-bond donors (Lipinski definition) is 1. The minimum Gasteiger partial charge on any atom is -0.328 e. The van der Waals surface area contributed by atoms with Crippen LogP contribution in [0.5, 0.6) is 0 Å². The molecular weight excluding hydrogens is 232 g/mol. The third-order valence-electron chi connectivity index (χ3n) is 2.54. The van der Waals surface area contributed by atoms with E-state index in [4.69, 9.17) is 0 Å². The van der Waals surface area contributed by atoms with E-state index >= 15 is 0 Å². The molecule has 2 amide bonds. The minimum absolute atomic E-state index is 0.0460. The van der Waals surface area contributed by atoms with Crippen molar-refractivity contribution in [1.82, 2.24) is 4.90 Å². The zero-order valence-electron chi connectivity index (χ0n) is 10.7. The van der Waals surface area contributed by atoms with Crippen molar-refractivity contribution in [2.75, 3.05) is 25.2 Å². The lowest BCUT2D eigenvalue weighted by Crippen LogP contribution is -2.32. The molecule has 0 aliphatic carbocycles. The number of nitrogens with one attached hydrogen (secondary N) is 1. The molecule has 94 valence electrons. The summed E-state index contributed by atoms with van der Waals surface area (Å²) in [5.41, 5.74) is 0.844. The number of thioether (sulfide) groups is 1. The van der Waals surface area contributed by atoms with Crippen molar-refractivity contribution in [2.45, 2.75) is 24.7 Å². The molecule has 3 nitrogen and oxygen atoms in total. The van der Waals surface area contributed by atoms with Crippen molar-refractivity contribution in [3.8, 4) is 0 Å². The van der Waals surface area contributed by atoms with Crippen molar-refractivity contribution in [2.24, 2.45) is 0 Å². The zero-order valence-corrected chi connectivity index (χ0v) is 11.5. The highest BCUT2D eigenvalue weighted by Gasteiger charge is 2.07. The topological polar surface area (TPSA) is 32.3 Å². The average Bonchev–Trinajstić information content (AvgIpc) is 2.36. The molecule has 0 aliphatic rings. The summed E-state index contributed by atoms with van der Waals surface area (Å²) in [5.74, 6) is 0. The molecule has 1 rings (SSSR count). The predicted molar refractivity (Wildman–Crippen MR) is 74.8 cm³/mol. The Morgan fingerprint density at radius 2 is 2.00 bits per heavy atom. The maximum atomic E-state index is 11.8. The molecule has 0 saturated carbocycles. The van der Waals surface area contributed by atoms with Gasteiger partial charge in [-0.1, -0.05) is 13.3 Å². The molecule has 0 radical (unpaired) electrons. The van der Waals surface area contributed by atoms with Gasteiger partial charge >= 0.3 is 6.03 Å². The molecule has 1 N–H and O–H groups in total. The second-order valence-electron chi connectivity index (χ2n) is 3.93. The lowest BCUT2D eigenvalue weighted by molar-refractivity contribution is 0.222. The van der Waals surface area contributed by atoms with Gasteiger partial charge in [0.15, 0.2) is 0 Å². The number of rotatable bonds is 5. The molecule has 0 spiro atoms. The monoisotopic (exact) mass is 252 g/mol. The van der Waals surface area contributed by atoms with Crippen molar-refractivity contribution in [1.29, 1.82) is 0 Å². The Labute approximate surface area is 108 Å². The fourth-order valence-electron chi connectivity index (χ4n) is 1.39. The van der Waals surface area contributed by atoms with Crippen molar-refractivity contribution < 1.29 is 4.79 Å². The Balaban J connectivity index is 2.49. The van der Waals surface area contributed by atoms with E-state index in [1.165, 1.54) is 4.90 Å². The van der Waals surface area contributed by atoms with E-state index in [0.29, 0.717) is 0 Å². The Morgan fingerprint density at radius 1 is 1.35 bits per heavy atom. The highest BCUT2D eigenvalue weighted by molar-refractivity contribution is 7.98. The number of carbonyl (C=O) groups is 1. The standard InChI is InChI=1S/C13H20N2OS/c1-4-5-10-15(2)13(16)14-11-6-8-12(17-3)9-7-11/h6-9H,4-5,10H2,1-3H3,(H,14,16). The van der Waals surface area contributed by atoms with E-state index in [9.17, 15) is 4.79 Å². The third-order valence-corrected chi connectivity index (χ3v) is 3.28. The summed E-state index contributed by atoms with van der Waals surface area (Å²) in [6.07, 6.45) is 4.17. The van der Waals surface area contributed by atoms with Crippen LogP contribution in [0.1, 0.15) is 19.8 Å². The van der Waals surface area contributed by atoms with Gasteiger partial charge in [0.05, 0.1) is 0 Å². The SMILES string of the molecule is CCCCN(C)C(=O)Nc1ccc(SC)cc1. The number of hydrogen-bond acceptors (Lipinski definition) is 2. The summed E-state index contributed by atoms with van der Waals surface area (Å²) in [7, 11) is 1.82. The lowest BCUT2D eigenvalue weighted by atomic mass is 10.3. The van der Waals surface area contributed by atoms with Crippen LogP contribution in [0.25, 0.3) is 0 Å². The average molecular weight is 252 g/mol. The van der Waals surface area contributed by atoms with Gasteiger partial charge in [-0.2, -0.15) is 0 Å². The number of unbranched alkanes of at least 4 members (excludes halogenated alkanes) is 1. The molecule has 4 heteroatoms. The molecule has 0 aliphatic heterocycles. The smallest absolute Gasteiger partial charge is 0.321 e. The Morgan fingerprint density at radius 3 is 2.53 bits per heavy atom. The van der Waals surface area contributed by atoms with Crippen LogP contribution in [-0.4, -0.2) is 30.8 Å². The minimum atomic E-state index is -0.0460. The molecule has 0 heterocycles. The van der Waals surface area contributed by atoms with Gasteiger partial charge in [0.25, 0.3) is 0 Å². The van der Waals surface area contributed by atoms with Crippen LogP contribution in [0.3, 0.4) is 0 Å². The summed E-state index contributed by atoms with van der Waals surface area (Å²) >= 11 is 1.69. The summed E-state index contributed by atoms with van der Waals surface area (Å²) < 4.78 is 0. The van der Waals surface area contributed by atoms with E-state index in [0.717, 1.165) is 25.1 Å². The van der Waals surface area contributed by atoms with E-state index in [1.54, 1.807) is 16.7 Å². The Bertz CT molecular complexity index is 351. The molecule has 0 fully saturated rings. The molecular formula is C13H20N2OS. The first kappa shape index (κ1) is 13.9. The molecule has 0 atom stereocenters. The normalized spacial score (nSPS) is 10.1. The fourth-order valence-corrected chi connectivity index (χ4v) is 1.80. The molecule has 0 unspecified atom stereocenters. The van der Waals surface area contributed by atoms with Gasteiger partial charge in [-0.25, -0.2) is 4.79 Å². The first-order valence-electron chi connectivity index (χ1n) is 5.83. The number of urea groups is 1. The van der Waals surface area contributed by atoms with E-state index in [-0.39, 0.29) is 6.03 Å². The maximum absolute atomic E-state index is 11.8. The molecule has 0 aromatic heterocycles. The van der Waals surface area contributed by atoms with Crippen LogP contribution >= 0.6 is 11.8 Å². The molecule has 17 heavy (non-hydrogen) atoms. The first-order valence-corrected chi connectivity index (χ1v) is 7.06. The number of benzene rings is 1. The summed E-state index contributed by atoms with van der Waals surface area (Å²) in [5, 5.41) is 2.88. The van der Waals surface area contributed by atoms with Crippen LogP contribution in [0.4, 0.5) is 10.5 Å². The quantitative estimate of drug-likeness (QED) is 0.811. The summed E-state index contributed by atoms with van der Waals surface area (Å²) in [6.45, 7) is 2.91. The number of nitrogens with zero attached hydrogens (tertiary/aromatic N) is 1. The van der Waals surface area contributed by atoms with Crippen LogP contribution in [0.15, 0.2) is 29.2 Å². The predicted octanol–water partition coefficient (Wildman–Crippen LogP) is 3.67. The first-order chi connectivity index (χ1) is 8.17. The summed E-state index contributed by atoms with van der Waals surface area (Å²) in [6, 6.07) is 7.82. The van der Waals surface area contributed by atoms with Crippen LogP contribution in [0.2, 0.25) is 0 Å². The number of amides is 2. The maximum Gasteiger partial charge on any atom is 0.321 e. The summed E-state index contributed by atoms with van der Waals surface area (Å²) in [4.78, 5) is 14.7. The van der Waals surface area contributed by atoms with Crippen molar-refractivity contribution in [3.63, 3.8) is 0 Å². The fraction of sp³-hybridized carbons (Fsp3) is 0.462. The van der Waals surface area contributed by atoms with Gasteiger partial charge in [-0.05, 0) is 36.9 Å². The largest absolute Gasteiger partial charge is 0.328 e. The van der Waals surface area contributed by atoms with Gasteiger partial charge in [-0.3, -0.25) is 0 Å². The lowest BCUT2D eigenvalue weighted by Gasteiger charge is -2.17. The third kappa shape index (κ3) is 4.69. The highest BCUT2D eigenvalue weighted by Crippen LogP contribution is 2.17. The molecule has 1 aromatic rings. The second kappa shape index (κ2) is 7.22. The van der Waals surface area contributed by atoms with Gasteiger partial charge < -0.3 is 10.2 Å². The van der Waals surface area contributed by atoms with Gasteiger partial charge in [0.2, 0.25) is 0 Å². The van der Waals surface area contributed by atoms with Gasteiger partial charge in [0.1, 0.15) is 0 Å². The second-order valence-corrected chi connectivity index (χ2v) is 4.81. The molecule has 0 saturated heterocycles. The van der Waals surface area contributed by atoms with Gasteiger partial charge in [-0.15, -0.1) is 11.8 Å². The van der Waals surface area contributed by atoms with E-state index in [1.807, 2.05) is 37.6 Å². The number of anilines is 1. The van der Waals surface area contributed by atoms with Crippen LogP contribution in [-0.2, 0) is 0 Å². The number of carbonyl (C=O) groups excluding carboxylic acids is 1. The van der Waals surface area contributed by atoms with Crippen LogP contribution in [0, 0.1) is 0 Å². The zero-order chi connectivity index (χ0) is 12.7. The van der Waals surface area contributed by atoms with E-state index < -0.39 is 0 Å². The molecule has 0 bridgehead atoms. The Hall–Kier alpha value is -1.16. The molecule has 1 aromatic carbocycles. The van der Waals surface area contributed by atoms with Crippen molar-refractivity contribution >= 4 is 23.5 Å².